The van der Waals surface area contributed by atoms with Crippen LogP contribution in [0.3, 0.4) is 0 Å². The first kappa shape index (κ1) is 12.5. The van der Waals surface area contributed by atoms with Crippen LogP contribution in [0.2, 0.25) is 0 Å². The summed E-state index contributed by atoms with van der Waals surface area (Å²) in [5.41, 5.74) is 9.64. The van der Waals surface area contributed by atoms with Crippen LogP contribution < -0.4 is 5.73 Å². The molecule has 0 fully saturated rings. The Hall–Kier alpha value is -1.56. The highest BCUT2D eigenvalue weighted by Crippen LogP contribution is 2.27. The van der Waals surface area contributed by atoms with E-state index in [1.54, 1.807) is 0 Å². The Bertz CT molecular complexity index is 654. The van der Waals surface area contributed by atoms with Crippen molar-refractivity contribution in [2.24, 2.45) is 0 Å². The highest BCUT2D eigenvalue weighted by atomic mass is 127. The molecule has 1 aliphatic rings. The van der Waals surface area contributed by atoms with Gasteiger partial charge in [-0.05, 0) is 58.0 Å². The van der Waals surface area contributed by atoms with Gasteiger partial charge in [0, 0.05) is 22.3 Å². The van der Waals surface area contributed by atoms with Crippen molar-refractivity contribution in [1.82, 2.24) is 4.90 Å². The van der Waals surface area contributed by atoms with E-state index in [4.69, 9.17) is 5.73 Å². The molecule has 0 aliphatic carbocycles. The minimum atomic E-state index is 0.0831. The van der Waals surface area contributed by atoms with Gasteiger partial charge in [0.05, 0.1) is 5.56 Å². The van der Waals surface area contributed by atoms with Crippen molar-refractivity contribution in [2.75, 3.05) is 5.73 Å². The summed E-state index contributed by atoms with van der Waals surface area (Å²) in [6, 6.07) is 13.5. The van der Waals surface area contributed by atoms with Crippen molar-refractivity contribution in [3.8, 4) is 0 Å². The molecular formula is C15H13IN2O. The molecule has 1 aliphatic heterocycles. The van der Waals surface area contributed by atoms with E-state index >= 15 is 0 Å². The van der Waals surface area contributed by atoms with Crippen LogP contribution in [0.4, 0.5) is 5.69 Å². The van der Waals surface area contributed by atoms with E-state index < -0.39 is 0 Å². The maximum Gasteiger partial charge on any atom is 0.255 e. The van der Waals surface area contributed by atoms with E-state index in [0.717, 1.165) is 20.4 Å². The minimum Gasteiger partial charge on any atom is -0.399 e. The standard InChI is InChI=1S/C15H13IN2O/c16-14-4-2-1-3-13(14)15(19)18-8-10-5-6-12(17)7-11(10)9-18/h1-7H,8-9,17H2. The Morgan fingerprint density at radius 2 is 1.84 bits per heavy atom. The Balaban J connectivity index is 1.87. The lowest BCUT2D eigenvalue weighted by Gasteiger charge is -2.16. The molecule has 3 nitrogen and oxygen atoms in total. The SMILES string of the molecule is Nc1ccc2c(c1)CN(C(=O)c1ccccc1I)C2. The molecule has 0 radical (unpaired) electrons. The summed E-state index contributed by atoms with van der Waals surface area (Å²) < 4.78 is 0.987. The molecule has 2 aromatic rings. The number of amides is 1. The predicted octanol–water partition coefficient (Wildman–Crippen LogP) is 3.03. The summed E-state index contributed by atoms with van der Waals surface area (Å²) in [5, 5.41) is 0. The Kier molecular flexibility index (Phi) is 3.18. The van der Waals surface area contributed by atoms with E-state index in [0.29, 0.717) is 13.1 Å². The van der Waals surface area contributed by atoms with Crippen LogP contribution in [0.25, 0.3) is 0 Å². The lowest BCUT2D eigenvalue weighted by Crippen LogP contribution is -2.26. The number of hydrogen-bond acceptors (Lipinski definition) is 2. The summed E-state index contributed by atoms with van der Waals surface area (Å²) in [7, 11) is 0. The zero-order chi connectivity index (χ0) is 13.4. The number of benzene rings is 2. The summed E-state index contributed by atoms with van der Waals surface area (Å²) >= 11 is 2.20. The molecule has 1 heterocycles. The molecule has 2 aromatic carbocycles. The lowest BCUT2D eigenvalue weighted by atomic mass is 10.1. The topological polar surface area (TPSA) is 46.3 Å². The molecule has 0 saturated heterocycles. The van der Waals surface area contributed by atoms with Gasteiger partial charge in [0.15, 0.2) is 0 Å². The van der Waals surface area contributed by atoms with Crippen molar-refractivity contribution in [3.63, 3.8) is 0 Å². The Labute approximate surface area is 125 Å². The molecular weight excluding hydrogens is 351 g/mol. The van der Waals surface area contributed by atoms with Crippen LogP contribution in [0, 0.1) is 3.57 Å². The predicted molar refractivity (Wildman–Crippen MR) is 83.6 cm³/mol. The van der Waals surface area contributed by atoms with Crippen LogP contribution in [0.5, 0.6) is 0 Å². The third-order valence-corrected chi connectivity index (χ3v) is 4.28. The third kappa shape index (κ3) is 2.32. The number of anilines is 1. The maximum atomic E-state index is 12.5. The van der Waals surface area contributed by atoms with Crippen LogP contribution >= 0.6 is 22.6 Å². The van der Waals surface area contributed by atoms with E-state index in [-0.39, 0.29) is 5.91 Å². The lowest BCUT2D eigenvalue weighted by molar-refractivity contribution is 0.0750. The zero-order valence-corrected chi connectivity index (χ0v) is 12.4. The fraction of sp³-hybridized carbons (Fsp3) is 0.133. The fourth-order valence-electron chi connectivity index (χ4n) is 2.36. The Morgan fingerprint density at radius 1 is 1.11 bits per heavy atom. The highest BCUT2D eigenvalue weighted by molar-refractivity contribution is 14.1. The molecule has 4 heteroatoms. The second kappa shape index (κ2) is 4.85. The molecule has 96 valence electrons. The van der Waals surface area contributed by atoms with Crippen molar-refractivity contribution < 1.29 is 4.79 Å². The smallest absolute Gasteiger partial charge is 0.255 e. The van der Waals surface area contributed by atoms with E-state index in [1.807, 2.05) is 47.4 Å². The molecule has 19 heavy (non-hydrogen) atoms. The van der Waals surface area contributed by atoms with Gasteiger partial charge in [0.1, 0.15) is 0 Å². The van der Waals surface area contributed by atoms with E-state index in [1.165, 1.54) is 5.56 Å². The number of nitrogens with zero attached hydrogens (tertiary/aromatic N) is 1. The molecule has 0 bridgehead atoms. The van der Waals surface area contributed by atoms with Gasteiger partial charge < -0.3 is 10.6 Å². The quantitative estimate of drug-likeness (QED) is 0.625. The van der Waals surface area contributed by atoms with E-state index in [2.05, 4.69) is 22.6 Å². The normalized spacial score (nSPS) is 13.4. The maximum absolute atomic E-state index is 12.5. The fourth-order valence-corrected chi connectivity index (χ4v) is 2.98. The highest BCUT2D eigenvalue weighted by Gasteiger charge is 2.25. The van der Waals surface area contributed by atoms with Gasteiger partial charge in [-0.3, -0.25) is 4.79 Å². The molecule has 0 spiro atoms. The minimum absolute atomic E-state index is 0.0831. The summed E-state index contributed by atoms with van der Waals surface area (Å²) in [6.45, 7) is 1.31. The first-order valence-electron chi connectivity index (χ1n) is 6.06. The molecule has 1 amide bonds. The third-order valence-electron chi connectivity index (χ3n) is 3.34. The average molecular weight is 364 g/mol. The number of nitrogen functional groups attached to an aromatic ring is 1. The van der Waals surface area contributed by atoms with Crippen molar-refractivity contribution >= 4 is 34.2 Å². The number of nitrogens with two attached hydrogens (primary N) is 1. The molecule has 2 N–H and O–H groups in total. The number of carbonyl (C=O) groups is 1. The van der Waals surface area contributed by atoms with Crippen LogP contribution in [-0.4, -0.2) is 10.8 Å². The van der Waals surface area contributed by atoms with Gasteiger partial charge >= 0.3 is 0 Å². The second-order valence-corrected chi connectivity index (χ2v) is 5.83. The number of rotatable bonds is 1. The second-order valence-electron chi connectivity index (χ2n) is 4.67. The van der Waals surface area contributed by atoms with Crippen LogP contribution in [0.1, 0.15) is 21.5 Å². The van der Waals surface area contributed by atoms with Gasteiger partial charge in [-0.1, -0.05) is 18.2 Å². The molecule has 0 atom stereocenters. The number of halogens is 1. The first-order chi connectivity index (χ1) is 9.15. The van der Waals surface area contributed by atoms with Crippen molar-refractivity contribution in [2.45, 2.75) is 13.1 Å². The summed E-state index contributed by atoms with van der Waals surface area (Å²) in [4.78, 5) is 14.4. The van der Waals surface area contributed by atoms with Gasteiger partial charge in [0.25, 0.3) is 5.91 Å². The van der Waals surface area contributed by atoms with Crippen LogP contribution in [0.15, 0.2) is 42.5 Å². The van der Waals surface area contributed by atoms with Gasteiger partial charge in [0.2, 0.25) is 0 Å². The molecule has 3 rings (SSSR count). The Morgan fingerprint density at radius 3 is 2.63 bits per heavy atom. The monoisotopic (exact) mass is 364 g/mol. The number of carbonyl (C=O) groups excluding carboxylic acids is 1. The first-order valence-corrected chi connectivity index (χ1v) is 7.14. The van der Waals surface area contributed by atoms with Gasteiger partial charge in [-0.25, -0.2) is 0 Å². The van der Waals surface area contributed by atoms with E-state index in [9.17, 15) is 4.79 Å². The number of fused-ring (bicyclic) bond motifs is 1. The van der Waals surface area contributed by atoms with Gasteiger partial charge in [-0.2, -0.15) is 0 Å². The van der Waals surface area contributed by atoms with Gasteiger partial charge in [-0.15, -0.1) is 0 Å². The van der Waals surface area contributed by atoms with Crippen molar-refractivity contribution in [1.29, 1.82) is 0 Å². The van der Waals surface area contributed by atoms with Crippen molar-refractivity contribution in [3.05, 3.63) is 62.7 Å². The number of hydrogen-bond donors (Lipinski definition) is 1. The zero-order valence-electron chi connectivity index (χ0n) is 10.3. The average Bonchev–Trinajstić information content (AvgIpc) is 2.81. The summed E-state index contributed by atoms with van der Waals surface area (Å²) in [5.74, 6) is 0.0831. The summed E-state index contributed by atoms with van der Waals surface area (Å²) in [6.07, 6.45) is 0. The molecule has 0 aromatic heterocycles. The van der Waals surface area contributed by atoms with Crippen LogP contribution in [-0.2, 0) is 13.1 Å². The largest absolute Gasteiger partial charge is 0.399 e. The molecule has 0 saturated carbocycles. The molecule has 0 unspecified atom stereocenters.